The highest BCUT2D eigenvalue weighted by Crippen LogP contribution is 2.30. The summed E-state index contributed by atoms with van der Waals surface area (Å²) in [6.07, 6.45) is 1.60. The van der Waals surface area contributed by atoms with E-state index in [1.54, 1.807) is 17.0 Å². The van der Waals surface area contributed by atoms with Crippen LogP contribution in [0.2, 0.25) is 0 Å². The number of anilines is 1. The van der Waals surface area contributed by atoms with E-state index in [0.717, 1.165) is 24.1 Å². The molecular formula is C16H22N2O3. The van der Waals surface area contributed by atoms with Crippen LogP contribution in [-0.2, 0) is 11.2 Å². The van der Waals surface area contributed by atoms with Gasteiger partial charge in [0.15, 0.2) is 0 Å². The maximum absolute atomic E-state index is 12.6. The molecular weight excluding hydrogens is 268 g/mol. The first-order chi connectivity index (χ1) is 9.71. The van der Waals surface area contributed by atoms with Crippen LogP contribution < -0.4 is 10.6 Å². The minimum absolute atomic E-state index is 0.105. The van der Waals surface area contributed by atoms with Crippen molar-refractivity contribution in [3.05, 3.63) is 29.3 Å². The van der Waals surface area contributed by atoms with Crippen LogP contribution >= 0.6 is 0 Å². The first-order valence-corrected chi connectivity index (χ1v) is 7.15. The molecule has 0 aliphatic carbocycles. The summed E-state index contributed by atoms with van der Waals surface area (Å²) in [7, 11) is 0. The van der Waals surface area contributed by atoms with Gasteiger partial charge in [0.1, 0.15) is 0 Å². The average Bonchev–Trinajstić information content (AvgIpc) is 2.43. The maximum Gasteiger partial charge on any atom is 0.335 e. The lowest BCUT2D eigenvalue weighted by Gasteiger charge is -2.35. The number of nitrogens with zero attached hydrogens (tertiary/aromatic N) is 1. The number of fused-ring (bicyclic) bond motifs is 1. The predicted molar refractivity (Wildman–Crippen MR) is 81.5 cm³/mol. The van der Waals surface area contributed by atoms with E-state index >= 15 is 0 Å². The largest absolute Gasteiger partial charge is 0.478 e. The molecule has 114 valence electrons. The highest BCUT2D eigenvalue weighted by molar-refractivity contribution is 5.99. The predicted octanol–water partition coefficient (Wildman–Crippen LogP) is 2.04. The molecule has 1 aromatic rings. The Balaban J connectivity index is 2.34. The van der Waals surface area contributed by atoms with Gasteiger partial charge in [-0.1, -0.05) is 20.8 Å². The monoisotopic (exact) mass is 290 g/mol. The molecule has 21 heavy (non-hydrogen) atoms. The molecule has 1 atom stereocenters. The summed E-state index contributed by atoms with van der Waals surface area (Å²) >= 11 is 0. The van der Waals surface area contributed by atoms with Crippen molar-refractivity contribution >= 4 is 17.6 Å². The fourth-order valence-corrected chi connectivity index (χ4v) is 2.50. The summed E-state index contributed by atoms with van der Waals surface area (Å²) in [6.45, 7) is 6.44. The second-order valence-electron chi connectivity index (χ2n) is 6.59. The standard InChI is InChI=1S/C16H22N2O3/c1-16(2,3)13(17)14(19)18-8-4-5-10-9-11(15(20)21)6-7-12(10)18/h6-7,9,13H,4-5,8,17H2,1-3H3,(H,20,21). The van der Waals surface area contributed by atoms with E-state index in [4.69, 9.17) is 10.8 Å². The van der Waals surface area contributed by atoms with Crippen molar-refractivity contribution in [3.63, 3.8) is 0 Å². The first-order valence-electron chi connectivity index (χ1n) is 7.15. The van der Waals surface area contributed by atoms with Gasteiger partial charge >= 0.3 is 5.97 Å². The Kier molecular flexibility index (Phi) is 4.05. The van der Waals surface area contributed by atoms with E-state index in [1.165, 1.54) is 6.07 Å². The Labute approximate surface area is 124 Å². The second kappa shape index (κ2) is 5.48. The zero-order chi connectivity index (χ0) is 15.8. The van der Waals surface area contributed by atoms with Gasteiger partial charge in [0, 0.05) is 12.2 Å². The van der Waals surface area contributed by atoms with Crippen molar-refractivity contribution in [2.24, 2.45) is 11.1 Å². The van der Waals surface area contributed by atoms with Gasteiger partial charge in [-0.25, -0.2) is 4.79 Å². The van der Waals surface area contributed by atoms with Crippen molar-refractivity contribution in [2.45, 2.75) is 39.7 Å². The number of aromatic carboxylic acids is 1. The van der Waals surface area contributed by atoms with Crippen LogP contribution in [0.3, 0.4) is 0 Å². The van der Waals surface area contributed by atoms with E-state index in [1.807, 2.05) is 20.8 Å². The molecule has 5 nitrogen and oxygen atoms in total. The number of hydrogen-bond donors (Lipinski definition) is 2. The molecule has 0 saturated heterocycles. The Morgan fingerprint density at radius 1 is 1.33 bits per heavy atom. The van der Waals surface area contributed by atoms with E-state index in [2.05, 4.69) is 0 Å². The quantitative estimate of drug-likeness (QED) is 0.873. The molecule has 2 rings (SSSR count). The van der Waals surface area contributed by atoms with Gasteiger partial charge in [-0.15, -0.1) is 0 Å². The zero-order valence-electron chi connectivity index (χ0n) is 12.7. The summed E-state index contributed by atoms with van der Waals surface area (Å²) in [5.41, 5.74) is 7.70. The van der Waals surface area contributed by atoms with Gasteiger partial charge in [-0.2, -0.15) is 0 Å². The number of carboxylic acid groups (broad SMARTS) is 1. The van der Waals surface area contributed by atoms with Crippen molar-refractivity contribution in [2.75, 3.05) is 11.4 Å². The van der Waals surface area contributed by atoms with Gasteiger partial charge in [-0.05, 0) is 42.0 Å². The third-order valence-corrected chi connectivity index (χ3v) is 3.91. The number of carboxylic acids is 1. The lowest BCUT2D eigenvalue weighted by atomic mass is 9.86. The van der Waals surface area contributed by atoms with E-state index < -0.39 is 12.0 Å². The van der Waals surface area contributed by atoms with Crippen molar-refractivity contribution in [1.82, 2.24) is 0 Å². The summed E-state index contributed by atoms with van der Waals surface area (Å²) in [5, 5.41) is 9.06. The summed E-state index contributed by atoms with van der Waals surface area (Å²) < 4.78 is 0. The Morgan fingerprint density at radius 3 is 2.57 bits per heavy atom. The van der Waals surface area contributed by atoms with Crippen molar-refractivity contribution in [3.8, 4) is 0 Å². The van der Waals surface area contributed by atoms with Crippen LogP contribution in [0, 0.1) is 5.41 Å². The number of rotatable bonds is 2. The smallest absolute Gasteiger partial charge is 0.335 e. The molecule has 0 saturated carbocycles. The topological polar surface area (TPSA) is 83.6 Å². The number of carbonyl (C=O) groups excluding carboxylic acids is 1. The van der Waals surface area contributed by atoms with E-state index in [9.17, 15) is 9.59 Å². The fourth-order valence-electron chi connectivity index (χ4n) is 2.50. The highest BCUT2D eigenvalue weighted by Gasteiger charge is 2.33. The van der Waals surface area contributed by atoms with Gasteiger partial charge in [-0.3, -0.25) is 4.79 Å². The second-order valence-corrected chi connectivity index (χ2v) is 6.59. The number of nitrogens with two attached hydrogens (primary N) is 1. The molecule has 0 spiro atoms. The molecule has 1 unspecified atom stereocenters. The van der Waals surface area contributed by atoms with E-state index in [0.29, 0.717) is 6.54 Å². The number of carbonyl (C=O) groups is 2. The van der Waals surface area contributed by atoms with Crippen LogP contribution in [0.5, 0.6) is 0 Å². The van der Waals surface area contributed by atoms with Gasteiger partial charge in [0.05, 0.1) is 11.6 Å². The highest BCUT2D eigenvalue weighted by atomic mass is 16.4. The average molecular weight is 290 g/mol. The SMILES string of the molecule is CC(C)(C)C(N)C(=O)N1CCCc2cc(C(=O)O)ccc21. The van der Waals surface area contributed by atoms with Gasteiger partial charge in [0.2, 0.25) is 5.91 Å². The molecule has 1 amide bonds. The third-order valence-electron chi connectivity index (χ3n) is 3.91. The molecule has 1 heterocycles. The molecule has 1 aromatic carbocycles. The Morgan fingerprint density at radius 2 is 2.00 bits per heavy atom. The van der Waals surface area contributed by atoms with Crippen molar-refractivity contribution < 1.29 is 14.7 Å². The van der Waals surface area contributed by atoms with Gasteiger partial charge in [0.25, 0.3) is 0 Å². The zero-order valence-corrected chi connectivity index (χ0v) is 12.7. The van der Waals surface area contributed by atoms with Crippen LogP contribution in [0.25, 0.3) is 0 Å². The van der Waals surface area contributed by atoms with Crippen LogP contribution in [-0.4, -0.2) is 29.6 Å². The molecule has 0 radical (unpaired) electrons. The molecule has 1 aliphatic heterocycles. The lowest BCUT2D eigenvalue weighted by Crippen LogP contribution is -2.51. The molecule has 0 bridgehead atoms. The summed E-state index contributed by atoms with van der Waals surface area (Å²) in [6, 6.07) is 4.32. The number of aryl methyl sites for hydroxylation is 1. The Hall–Kier alpha value is -1.88. The van der Waals surface area contributed by atoms with Gasteiger partial charge < -0.3 is 15.7 Å². The van der Waals surface area contributed by atoms with Crippen LogP contribution in [0.4, 0.5) is 5.69 Å². The van der Waals surface area contributed by atoms with Crippen LogP contribution in [0.1, 0.15) is 43.1 Å². The first kappa shape index (κ1) is 15.5. The maximum atomic E-state index is 12.6. The number of hydrogen-bond acceptors (Lipinski definition) is 3. The molecule has 0 aromatic heterocycles. The normalized spacial score (nSPS) is 16.3. The molecule has 3 N–H and O–H groups in total. The number of amides is 1. The minimum Gasteiger partial charge on any atom is -0.478 e. The van der Waals surface area contributed by atoms with E-state index in [-0.39, 0.29) is 16.9 Å². The van der Waals surface area contributed by atoms with Crippen molar-refractivity contribution in [1.29, 1.82) is 0 Å². The Bertz CT molecular complexity index is 575. The number of benzene rings is 1. The van der Waals surface area contributed by atoms with Crippen LogP contribution in [0.15, 0.2) is 18.2 Å². The fraction of sp³-hybridized carbons (Fsp3) is 0.500. The summed E-state index contributed by atoms with van der Waals surface area (Å²) in [5.74, 6) is -1.06. The third kappa shape index (κ3) is 3.08. The lowest BCUT2D eigenvalue weighted by molar-refractivity contribution is -0.122. The summed E-state index contributed by atoms with van der Waals surface area (Å²) in [4.78, 5) is 25.3. The minimum atomic E-state index is -0.951. The molecule has 0 fully saturated rings. The molecule has 5 heteroatoms. The molecule has 1 aliphatic rings.